The minimum Gasteiger partial charge on any atom is -0.392 e. The fourth-order valence-corrected chi connectivity index (χ4v) is 4.79. The molecule has 7 heteroatoms. The normalized spacial score (nSPS) is 18.3. The molecule has 0 radical (unpaired) electrons. The predicted molar refractivity (Wildman–Crippen MR) is 95.2 cm³/mol. The largest absolute Gasteiger partial charge is 0.392 e. The van der Waals surface area contributed by atoms with Crippen molar-refractivity contribution in [2.45, 2.75) is 17.6 Å². The number of carbonyl (C=O) groups excluding carboxylic acids is 1. The summed E-state index contributed by atoms with van der Waals surface area (Å²) in [5.74, 6) is 0.122. The molecule has 0 saturated carbocycles. The molecule has 1 aliphatic rings. The molecule has 3 nitrogen and oxygen atoms in total. The van der Waals surface area contributed by atoms with Gasteiger partial charge in [-0.15, -0.1) is 11.3 Å². The highest BCUT2D eigenvalue weighted by Gasteiger charge is 2.38. The summed E-state index contributed by atoms with van der Waals surface area (Å²) in [4.78, 5) is 14.8. The molecule has 104 valence electrons. The minimum absolute atomic E-state index is 0.122. The van der Waals surface area contributed by atoms with Crippen LogP contribution in [0.2, 0.25) is 0 Å². The first kappa shape index (κ1) is 15.5. The Morgan fingerprint density at radius 2 is 2.21 bits per heavy atom. The average Bonchev–Trinajstić information content (AvgIpc) is 2.84. The van der Waals surface area contributed by atoms with Gasteiger partial charge in [0, 0.05) is 18.5 Å². The summed E-state index contributed by atoms with van der Waals surface area (Å²) in [6, 6.07) is 1.94. The van der Waals surface area contributed by atoms with Gasteiger partial charge in [0.25, 0.3) is 5.91 Å². The van der Waals surface area contributed by atoms with Crippen molar-refractivity contribution in [2.24, 2.45) is 5.73 Å². The Hall–Kier alpha value is 0.140. The number of likely N-dealkylation sites (tertiary alicyclic amines) is 1. The number of rotatable bonds is 3. The molecule has 1 saturated heterocycles. The number of halogens is 1. The Morgan fingerprint density at radius 1 is 1.58 bits per heavy atom. The van der Waals surface area contributed by atoms with Gasteiger partial charge in [-0.25, -0.2) is 0 Å². The molecule has 2 N–H and O–H groups in total. The maximum absolute atomic E-state index is 12.3. The summed E-state index contributed by atoms with van der Waals surface area (Å²) in [6.07, 6.45) is 3.73. The molecule has 0 spiro atoms. The van der Waals surface area contributed by atoms with E-state index in [0.717, 1.165) is 34.4 Å². The highest BCUT2D eigenvalue weighted by atomic mass is 127. The van der Waals surface area contributed by atoms with E-state index in [9.17, 15) is 4.79 Å². The van der Waals surface area contributed by atoms with Crippen molar-refractivity contribution < 1.29 is 4.79 Å². The topological polar surface area (TPSA) is 46.3 Å². The number of piperidine rings is 1. The van der Waals surface area contributed by atoms with Gasteiger partial charge in [0.15, 0.2) is 0 Å². The van der Waals surface area contributed by atoms with Gasteiger partial charge in [-0.3, -0.25) is 4.79 Å². The number of thiocarbonyl (C=S) groups is 1. The van der Waals surface area contributed by atoms with Crippen LogP contribution in [0, 0.1) is 2.88 Å². The van der Waals surface area contributed by atoms with Crippen molar-refractivity contribution in [3.05, 3.63) is 19.9 Å². The van der Waals surface area contributed by atoms with Gasteiger partial charge in [-0.1, -0.05) is 12.2 Å². The summed E-state index contributed by atoms with van der Waals surface area (Å²) in [7, 11) is 0. The van der Waals surface area contributed by atoms with Crippen LogP contribution in [0.5, 0.6) is 0 Å². The average molecular weight is 426 g/mol. The molecule has 0 aliphatic carbocycles. The molecule has 0 atom stereocenters. The summed E-state index contributed by atoms with van der Waals surface area (Å²) < 4.78 is 1.01. The lowest BCUT2D eigenvalue weighted by Crippen LogP contribution is -2.50. The van der Waals surface area contributed by atoms with E-state index < -0.39 is 0 Å². The number of hydrogen-bond acceptors (Lipinski definition) is 4. The van der Waals surface area contributed by atoms with Gasteiger partial charge in [-0.2, -0.15) is 11.8 Å². The number of nitrogens with two attached hydrogens (primary N) is 1. The van der Waals surface area contributed by atoms with E-state index in [2.05, 4.69) is 22.6 Å². The van der Waals surface area contributed by atoms with Gasteiger partial charge < -0.3 is 10.6 Å². The maximum Gasteiger partial charge on any atom is 0.254 e. The van der Waals surface area contributed by atoms with Crippen molar-refractivity contribution in [2.75, 3.05) is 19.3 Å². The third kappa shape index (κ3) is 3.25. The third-order valence-electron chi connectivity index (χ3n) is 3.51. The van der Waals surface area contributed by atoms with E-state index in [1.807, 2.05) is 22.6 Å². The van der Waals surface area contributed by atoms with Crippen molar-refractivity contribution in [1.82, 2.24) is 4.90 Å². The second-order valence-corrected chi connectivity index (χ2v) is 8.93. The lowest BCUT2D eigenvalue weighted by atomic mass is 9.95. The Balaban J connectivity index is 2.04. The van der Waals surface area contributed by atoms with Crippen LogP contribution in [-0.4, -0.2) is 39.9 Å². The SMILES string of the molecule is CSC1(C(N)=S)CCN(C(=O)c2csc(I)c2)CC1. The van der Waals surface area contributed by atoms with Crippen LogP contribution >= 0.6 is 57.9 Å². The first-order valence-electron chi connectivity index (χ1n) is 5.87. The van der Waals surface area contributed by atoms with Crippen LogP contribution in [0.3, 0.4) is 0 Å². The van der Waals surface area contributed by atoms with Crippen LogP contribution in [0.1, 0.15) is 23.2 Å². The van der Waals surface area contributed by atoms with Crippen LogP contribution in [0.4, 0.5) is 0 Å². The molecule has 19 heavy (non-hydrogen) atoms. The number of carbonyl (C=O) groups is 1. The first-order valence-corrected chi connectivity index (χ1v) is 9.46. The number of amides is 1. The van der Waals surface area contributed by atoms with Crippen LogP contribution in [0.15, 0.2) is 11.4 Å². The first-order chi connectivity index (χ1) is 8.98. The molecule has 2 heterocycles. The highest BCUT2D eigenvalue weighted by Crippen LogP contribution is 2.35. The molecule has 1 aliphatic heterocycles. The highest BCUT2D eigenvalue weighted by molar-refractivity contribution is 14.1. The molecule has 2 rings (SSSR count). The number of hydrogen-bond donors (Lipinski definition) is 1. The van der Waals surface area contributed by atoms with E-state index in [1.165, 1.54) is 0 Å². The van der Waals surface area contributed by atoms with E-state index in [-0.39, 0.29) is 10.7 Å². The second-order valence-electron chi connectivity index (χ2n) is 4.49. The van der Waals surface area contributed by atoms with Crippen LogP contribution in [0.25, 0.3) is 0 Å². The lowest BCUT2D eigenvalue weighted by molar-refractivity contribution is 0.0719. The van der Waals surface area contributed by atoms with Gasteiger partial charge in [-0.05, 0) is 47.8 Å². The maximum atomic E-state index is 12.3. The molecule has 0 unspecified atom stereocenters. The molecular formula is C12H15IN2OS3. The van der Waals surface area contributed by atoms with Crippen LogP contribution < -0.4 is 5.73 Å². The lowest BCUT2D eigenvalue weighted by Gasteiger charge is -2.40. The van der Waals surface area contributed by atoms with Crippen molar-refractivity contribution in [3.8, 4) is 0 Å². The Kier molecular flexibility index (Phi) is 5.13. The van der Waals surface area contributed by atoms with Gasteiger partial charge >= 0.3 is 0 Å². The van der Waals surface area contributed by atoms with E-state index >= 15 is 0 Å². The molecule has 1 amide bonds. The Morgan fingerprint density at radius 3 is 2.63 bits per heavy atom. The van der Waals surface area contributed by atoms with Crippen LogP contribution in [-0.2, 0) is 0 Å². The minimum atomic E-state index is -0.130. The quantitative estimate of drug-likeness (QED) is 0.597. The zero-order valence-electron chi connectivity index (χ0n) is 10.5. The fourth-order valence-electron chi connectivity index (χ4n) is 2.23. The molecule has 0 bridgehead atoms. The van der Waals surface area contributed by atoms with E-state index in [4.69, 9.17) is 18.0 Å². The molecule has 1 fully saturated rings. The summed E-state index contributed by atoms with van der Waals surface area (Å²) in [5, 5.41) is 1.92. The van der Waals surface area contributed by atoms with Gasteiger partial charge in [0.05, 0.1) is 18.2 Å². The molecular weight excluding hydrogens is 411 g/mol. The predicted octanol–water partition coefficient (Wildman–Crippen LogP) is 2.98. The Bertz CT molecular complexity index is 495. The summed E-state index contributed by atoms with van der Waals surface area (Å²) in [5.41, 5.74) is 6.65. The monoisotopic (exact) mass is 426 g/mol. The summed E-state index contributed by atoms with van der Waals surface area (Å²) in [6.45, 7) is 1.45. The van der Waals surface area contributed by atoms with Crippen molar-refractivity contribution >= 4 is 68.8 Å². The van der Waals surface area contributed by atoms with Gasteiger partial charge in [0.2, 0.25) is 0 Å². The standard InChI is InChI=1S/C12H15IN2OS3/c1-18-12(11(14)17)2-4-15(5-3-12)10(16)8-6-9(13)19-7-8/h6-7H,2-5H2,1H3,(H2,14,17). The second kappa shape index (κ2) is 6.28. The van der Waals surface area contributed by atoms with E-state index in [1.54, 1.807) is 23.1 Å². The zero-order chi connectivity index (χ0) is 14.0. The zero-order valence-corrected chi connectivity index (χ0v) is 15.1. The number of thioether (sulfide) groups is 1. The number of thiophene rings is 1. The van der Waals surface area contributed by atoms with Crippen molar-refractivity contribution in [3.63, 3.8) is 0 Å². The van der Waals surface area contributed by atoms with Crippen molar-refractivity contribution in [1.29, 1.82) is 0 Å². The molecule has 1 aromatic rings. The summed E-state index contributed by atoms with van der Waals surface area (Å²) >= 11 is 10.7. The fraction of sp³-hybridized carbons (Fsp3) is 0.500. The third-order valence-corrected chi connectivity index (χ3v) is 7.23. The molecule has 0 aromatic carbocycles. The van der Waals surface area contributed by atoms with Gasteiger partial charge in [0.1, 0.15) is 0 Å². The van der Waals surface area contributed by atoms with E-state index in [0.29, 0.717) is 4.99 Å². The molecule has 1 aromatic heterocycles. The Labute approximate surface area is 140 Å². The smallest absolute Gasteiger partial charge is 0.254 e. The number of nitrogens with zero attached hydrogens (tertiary/aromatic N) is 1.